The number of carbonyl (C=O) groups excluding carboxylic acids is 1. The van der Waals surface area contributed by atoms with Crippen LogP contribution in [0.5, 0.6) is 0 Å². The van der Waals surface area contributed by atoms with Gasteiger partial charge in [0.15, 0.2) is 5.69 Å². The molecule has 1 aromatic carbocycles. The average molecular weight is 514 g/mol. The number of carboxylic acids is 1. The van der Waals surface area contributed by atoms with Gasteiger partial charge in [0.05, 0.1) is 16.8 Å². The first-order chi connectivity index (χ1) is 16.6. The fraction of sp³-hybridized carbons (Fsp3) is 0.400. The largest absolute Gasteiger partial charge is 0.476 e. The molecule has 5 rings (SSSR count). The van der Waals surface area contributed by atoms with E-state index >= 15 is 0 Å². The van der Waals surface area contributed by atoms with Gasteiger partial charge in [-0.25, -0.2) is 9.59 Å². The van der Waals surface area contributed by atoms with Crippen molar-refractivity contribution in [1.82, 2.24) is 30.5 Å². The number of amidine groups is 1. The first-order valence-electron chi connectivity index (χ1n) is 10.7. The topological polar surface area (TPSA) is 132 Å². The Labute approximate surface area is 201 Å². The molecule has 3 aliphatic heterocycles. The first kappa shape index (κ1) is 23.5. The van der Waals surface area contributed by atoms with Crippen molar-refractivity contribution in [3.05, 3.63) is 51.8 Å². The monoisotopic (exact) mass is 513 g/mol. The number of nitrogens with one attached hydrogen (secondary N) is 2. The number of quaternary nitrogens is 1. The van der Waals surface area contributed by atoms with Crippen molar-refractivity contribution in [2.45, 2.75) is 12.7 Å². The number of rotatable bonds is 4. The third-order valence-corrected chi connectivity index (χ3v) is 6.71. The van der Waals surface area contributed by atoms with Crippen molar-refractivity contribution < 1.29 is 33.4 Å². The van der Waals surface area contributed by atoms with E-state index in [9.17, 15) is 22.8 Å². The summed E-state index contributed by atoms with van der Waals surface area (Å²) >= 11 is 5.84. The third-order valence-electron chi connectivity index (χ3n) is 6.43. The van der Waals surface area contributed by atoms with Gasteiger partial charge >= 0.3 is 18.2 Å². The number of hydrogen-bond acceptors (Lipinski definition) is 7. The van der Waals surface area contributed by atoms with Crippen LogP contribution in [-0.2, 0) is 12.7 Å². The number of nitrogens with two attached hydrogens (primary N) is 1. The molecule has 0 spiro atoms. The van der Waals surface area contributed by atoms with E-state index in [0.717, 1.165) is 16.9 Å². The van der Waals surface area contributed by atoms with Crippen LogP contribution in [0.15, 0.2) is 29.5 Å². The minimum absolute atomic E-state index is 0.0937. The van der Waals surface area contributed by atoms with Gasteiger partial charge in [-0.05, 0) is 28.6 Å². The number of hydrogen-bond donors (Lipinski definition) is 4. The predicted octanol–water partition coefficient (Wildman–Crippen LogP) is 0.533. The Morgan fingerprint density at radius 2 is 1.91 bits per heavy atom. The second-order valence-electron chi connectivity index (χ2n) is 8.72. The molecule has 11 nitrogen and oxygen atoms in total. The summed E-state index contributed by atoms with van der Waals surface area (Å²) in [5.41, 5.74) is 6.09. The molecule has 35 heavy (non-hydrogen) atoms. The van der Waals surface area contributed by atoms with Crippen LogP contribution < -0.4 is 16.5 Å². The van der Waals surface area contributed by atoms with Crippen molar-refractivity contribution in [1.29, 1.82) is 0 Å². The zero-order valence-electron chi connectivity index (χ0n) is 18.1. The Morgan fingerprint density at radius 1 is 1.20 bits per heavy atom. The summed E-state index contributed by atoms with van der Waals surface area (Å²) in [6.07, 6.45) is -3.35. The number of amides is 1. The summed E-state index contributed by atoms with van der Waals surface area (Å²) < 4.78 is 42.3. The average Bonchev–Trinajstić information content (AvgIpc) is 3.56. The molecule has 186 valence electrons. The minimum Gasteiger partial charge on any atom is -0.476 e. The van der Waals surface area contributed by atoms with Crippen molar-refractivity contribution in [2.75, 3.05) is 26.2 Å². The van der Waals surface area contributed by atoms with Crippen LogP contribution >= 0.6 is 11.6 Å². The fourth-order valence-corrected chi connectivity index (χ4v) is 5.07. The van der Waals surface area contributed by atoms with Crippen LogP contribution in [0, 0.1) is 11.8 Å². The van der Waals surface area contributed by atoms with Crippen LogP contribution in [0.4, 0.5) is 18.0 Å². The van der Waals surface area contributed by atoms with Crippen molar-refractivity contribution in [3.63, 3.8) is 0 Å². The minimum atomic E-state index is -4.51. The second-order valence-corrected chi connectivity index (χ2v) is 9.13. The quantitative estimate of drug-likeness (QED) is 0.439. The van der Waals surface area contributed by atoms with Crippen LogP contribution in [0.1, 0.15) is 27.2 Å². The molecule has 2 aromatic rings. The van der Waals surface area contributed by atoms with E-state index in [0.29, 0.717) is 37.6 Å². The van der Waals surface area contributed by atoms with Gasteiger partial charge in [0.25, 0.3) is 0 Å². The van der Waals surface area contributed by atoms with Gasteiger partial charge < -0.3 is 10.0 Å². The fourth-order valence-electron chi connectivity index (χ4n) is 4.86. The lowest BCUT2D eigenvalue weighted by Crippen LogP contribution is -2.87. The molecule has 0 aliphatic carbocycles. The molecule has 5 N–H and O–H groups in total. The number of halogens is 4. The Bertz CT molecular complexity index is 1200. The lowest BCUT2D eigenvalue weighted by atomic mass is 10.0. The molecule has 1 amide bonds. The van der Waals surface area contributed by atoms with Gasteiger partial charge in [-0.15, -0.1) is 5.53 Å². The van der Waals surface area contributed by atoms with E-state index in [2.05, 4.69) is 21.2 Å². The summed E-state index contributed by atoms with van der Waals surface area (Å²) in [5.74, 6) is -0.826. The molecular formula is C20H21ClF3N8O3+. The molecule has 3 aliphatic rings. The number of hydrazine groups is 1. The Hall–Kier alpha value is -3.20. The number of carboxylic acid groups (broad SMARTS) is 1. The zero-order valence-corrected chi connectivity index (χ0v) is 18.8. The maximum absolute atomic E-state index is 13.8. The van der Waals surface area contributed by atoms with Crippen LogP contribution in [0.25, 0.3) is 0 Å². The number of benzene rings is 1. The lowest BCUT2D eigenvalue weighted by Gasteiger charge is -2.23. The highest BCUT2D eigenvalue weighted by Crippen LogP contribution is 2.36. The molecule has 1 aromatic heterocycles. The lowest BCUT2D eigenvalue weighted by molar-refractivity contribution is -0.713. The number of nitrogens with zero attached hydrogens (tertiary/aromatic N) is 5. The number of fused-ring (bicyclic) bond motifs is 1. The Balaban J connectivity index is 1.25. The molecule has 2 fully saturated rings. The molecule has 15 heteroatoms. The van der Waals surface area contributed by atoms with Crippen LogP contribution in [0.2, 0.25) is 5.02 Å². The third kappa shape index (κ3) is 4.57. The molecule has 2 atom stereocenters. The van der Waals surface area contributed by atoms with E-state index in [4.69, 9.17) is 16.7 Å². The van der Waals surface area contributed by atoms with Gasteiger partial charge in [-0.3, -0.25) is 10.3 Å². The van der Waals surface area contributed by atoms with E-state index in [1.807, 2.05) is 4.90 Å². The number of carbonyl (C=O) groups is 2. The van der Waals surface area contributed by atoms with Crippen LogP contribution in [0.3, 0.4) is 0 Å². The second kappa shape index (κ2) is 8.78. The summed E-state index contributed by atoms with van der Waals surface area (Å²) in [6, 6.07) is 3.70. The summed E-state index contributed by atoms with van der Waals surface area (Å²) in [6.45, 7) is 2.03. The predicted molar refractivity (Wildman–Crippen MR) is 115 cm³/mol. The standard InChI is InChI=1S/C20H20ClF3N8O3/c21-15-9-32(27-16(15)18(33)34)19(35)31-7-12-5-30(6-13(12)8-31)4-11-2-1-10(17-25-28-29-26-17)3-14(11)20(22,23)24/h1-3,9,12-13,28-29H,4-8H2,(H,25,26)(H,33,34)/p+1. The van der Waals surface area contributed by atoms with Crippen molar-refractivity contribution >= 4 is 29.4 Å². The number of likely N-dealkylation sites (tertiary alicyclic amines) is 2. The number of aromatic nitrogens is 2. The highest BCUT2D eigenvalue weighted by Gasteiger charge is 2.43. The molecular weight excluding hydrogens is 493 g/mol. The normalized spacial score (nSPS) is 22.3. The Morgan fingerprint density at radius 3 is 2.49 bits per heavy atom. The van der Waals surface area contributed by atoms with Crippen LogP contribution in [-0.4, -0.2) is 68.7 Å². The van der Waals surface area contributed by atoms with Crippen molar-refractivity contribution in [2.24, 2.45) is 16.9 Å². The van der Waals surface area contributed by atoms with Gasteiger partial charge in [-0.1, -0.05) is 29.3 Å². The van der Waals surface area contributed by atoms with E-state index < -0.39 is 29.4 Å². The molecule has 2 saturated heterocycles. The first-order valence-corrected chi connectivity index (χ1v) is 11.1. The summed E-state index contributed by atoms with van der Waals surface area (Å²) in [4.78, 5) is 27.4. The number of alkyl halides is 3. The molecule has 2 unspecified atom stereocenters. The Kier molecular flexibility index (Phi) is 5.91. The van der Waals surface area contributed by atoms with Gasteiger partial charge in [0, 0.05) is 38.3 Å². The SMILES string of the molecule is O=C(O)c1nn(C(=O)N2CC3CN(Cc4ccc(C5=N[NH2+]NN5)cc4C(F)(F)F)CC3C2)cc1Cl. The highest BCUT2D eigenvalue weighted by molar-refractivity contribution is 6.33. The smallest absolute Gasteiger partial charge is 0.416 e. The maximum Gasteiger partial charge on any atom is 0.416 e. The van der Waals surface area contributed by atoms with Gasteiger partial charge in [0.1, 0.15) is 0 Å². The van der Waals surface area contributed by atoms with Gasteiger partial charge in [0.2, 0.25) is 5.84 Å². The highest BCUT2D eigenvalue weighted by atomic mass is 35.5. The molecule has 4 heterocycles. The zero-order chi connectivity index (χ0) is 24.9. The van der Waals surface area contributed by atoms with Gasteiger partial charge in [-0.2, -0.15) is 23.0 Å². The van der Waals surface area contributed by atoms with E-state index in [1.54, 1.807) is 11.0 Å². The molecule has 0 bridgehead atoms. The summed E-state index contributed by atoms with van der Waals surface area (Å²) in [7, 11) is 0. The van der Waals surface area contributed by atoms with Crippen molar-refractivity contribution in [3.8, 4) is 0 Å². The number of aromatic carboxylic acids is 1. The maximum atomic E-state index is 13.8. The molecule has 0 saturated carbocycles. The van der Waals surface area contributed by atoms with E-state index in [-0.39, 0.29) is 29.0 Å². The van der Waals surface area contributed by atoms with E-state index in [1.165, 1.54) is 11.6 Å². The summed E-state index contributed by atoms with van der Waals surface area (Å²) in [5, 5.41) is 16.7. The molecule has 0 radical (unpaired) electrons.